The third kappa shape index (κ3) is 3.97. The van der Waals surface area contributed by atoms with Gasteiger partial charge in [0.15, 0.2) is 0 Å². The number of unbranched alkanes of at least 4 members (excludes halogenated alkanes) is 1. The van der Waals surface area contributed by atoms with Gasteiger partial charge in [0.1, 0.15) is 0 Å². The number of thioether (sulfide) groups is 1. The average molecular weight is 410 g/mol. The van der Waals surface area contributed by atoms with Gasteiger partial charge in [-0.05, 0) is 12.8 Å². The molecule has 5 nitrogen and oxygen atoms in total. The van der Waals surface area contributed by atoms with Gasteiger partial charge in [-0.15, -0.1) is 0 Å². The Balaban J connectivity index is 1.48. The van der Waals surface area contributed by atoms with Gasteiger partial charge in [0.05, 0.1) is 12.1 Å². The van der Waals surface area contributed by atoms with Gasteiger partial charge in [0.2, 0.25) is 34.8 Å². The zero-order chi connectivity index (χ0) is 19.7. The van der Waals surface area contributed by atoms with Crippen molar-refractivity contribution in [2.24, 2.45) is 0 Å². The minimum atomic E-state index is -2.31. The predicted octanol–water partition coefficient (Wildman–Crippen LogP) is 3.01. The van der Waals surface area contributed by atoms with Gasteiger partial charge in [0.25, 0.3) is 0 Å². The molecule has 0 aromatic heterocycles. The van der Waals surface area contributed by atoms with E-state index in [9.17, 15) is 31.5 Å². The van der Waals surface area contributed by atoms with Gasteiger partial charge in [-0.3, -0.25) is 4.79 Å². The third-order valence-corrected chi connectivity index (χ3v) is 5.95. The molecule has 0 spiro atoms. The van der Waals surface area contributed by atoms with E-state index in [1.54, 1.807) is 11.8 Å². The molecule has 0 aliphatic carbocycles. The molecular weight excluding hydrogens is 395 g/mol. The van der Waals surface area contributed by atoms with Crippen LogP contribution in [0.2, 0.25) is 0 Å². The van der Waals surface area contributed by atoms with Crippen molar-refractivity contribution in [3.63, 3.8) is 0 Å². The topological polar surface area (TPSA) is 67.4 Å². The number of urea groups is 1. The summed E-state index contributed by atoms with van der Waals surface area (Å²) < 4.78 is 70.4. The third-order valence-electron chi connectivity index (χ3n) is 4.44. The number of benzene rings is 1. The number of carbonyl (C=O) groups is 2. The van der Waals surface area contributed by atoms with E-state index in [0.717, 1.165) is 5.75 Å². The van der Waals surface area contributed by atoms with Crippen LogP contribution >= 0.6 is 11.8 Å². The monoisotopic (exact) mass is 410 g/mol. The number of nitrogens with one attached hydrogen (secondary N) is 2. The summed E-state index contributed by atoms with van der Waals surface area (Å²) in [4.78, 5) is 23.0. The molecule has 3 atom stereocenters. The van der Waals surface area contributed by atoms with Crippen molar-refractivity contribution in [1.82, 2.24) is 10.6 Å². The van der Waals surface area contributed by atoms with E-state index >= 15 is 0 Å². The van der Waals surface area contributed by atoms with E-state index in [4.69, 9.17) is 0 Å². The molecule has 0 saturated carbocycles. The van der Waals surface area contributed by atoms with Gasteiger partial charge in [-0.25, -0.2) is 18.0 Å². The molecule has 2 aliphatic rings. The standard InChI is InChI=1S/C16H15F5N2O3S/c17-9-10(18)12(20)15(13(21)11(9)19)26-8(24)4-2-1-3-7-14-6(5-27-7)22-16(25)23-14/h6-7,14H,1-5H2,(H2,22,23,25)/t6-,7+,14-/m1/s1. The second kappa shape index (κ2) is 7.91. The number of halogens is 5. The van der Waals surface area contributed by atoms with Crippen LogP contribution in [-0.4, -0.2) is 35.1 Å². The van der Waals surface area contributed by atoms with Crippen LogP contribution < -0.4 is 15.4 Å². The maximum atomic E-state index is 13.5. The quantitative estimate of drug-likeness (QED) is 0.144. The van der Waals surface area contributed by atoms with E-state index in [0.29, 0.717) is 19.3 Å². The highest BCUT2D eigenvalue weighted by Crippen LogP contribution is 2.33. The maximum Gasteiger partial charge on any atom is 0.315 e. The molecule has 2 N–H and O–H groups in total. The summed E-state index contributed by atoms with van der Waals surface area (Å²) >= 11 is 1.69. The van der Waals surface area contributed by atoms with Crippen molar-refractivity contribution in [3.05, 3.63) is 29.1 Å². The molecule has 2 heterocycles. The fourth-order valence-corrected chi connectivity index (χ4v) is 4.64. The minimum absolute atomic E-state index is 0.0165. The zero-order valence-electron chi connectivity index (χ0n) is 13.8. The number of amides is 2. The highest BCUT2D eigenvalue weighted by molar-refractivity contribution is 8.00. The van der Waals surface area contributed by atoms with E-state index in [1.807, 2.05) is 0 Å². The molecule has 2 fully saturated rings. The molecule has 3 rings (SSSR count). The van der Waals surface area contributed by atoms with E-state index in [1.165, 1.54) is 0 Å². The summed E-state index contributed by atoms with van der Waals surface area (Å²) in [5.74, 6) is -12.9. The SMILES string of the molecule is O=C1N[C@H]2[C@H](CCCCC(=O)Oc3c(F)c(F)c(F)c(F)c3F)SC[C@H]2N1. The lowest BCUT2D eigenvalue weighted by Gasteiger charge is -2.16. The predicted molar refractivity (Wildman–Crippen MR) is 85.8 cm³/mol. The summed E-state index contributed by atoms with van der Waals surface area (Å²) in [6.45, 7) is 0. The number of esters is 1. The molecule has 2 amide bonds. The molecule has 2 saturated heterocycles. The van der Waals surface area contributed by atoms with Crippen LogP contribution in [0.5, 0.6) is 5.75 Å². The van der Waals surface area contributed by atoms with Crippen LogP contribution in [-0.2, 0) is 4.79 Å². The molecule has 0 radical (unpaired) electrons. The van der Waals surface area contributed by atoms with Crippen molar-refractivity contribution in [2.75, 3.05) is 5.75 Å². The molecule has 1 aromatic carbocycles. The number of carbonyl (C=O) groups excluding carboxylic acids is 2. The number of hydrogen-bond donors (Lipinski definition) is 2. The van der Waals surface area contributed by atoms with E-state index in [-0.39, 0.29) is 29.8 Å². The molecule has 11 heteroatoms. The molecule has 0 unspecified atom stereocenters. The maximum absolute atomic E-state index is 13.5. The number of hydrogen-bond acceptors (Lipinski definition) is 4. The average Bonchev–Trinajstić information content (AvgIpc) is 3.18. The summed E-state index contributed by atoms with van der Waals surface area (Å²) in [6.07, 6.45) is 1.34. The smallest absolute Gasteiger partial charge is 0.315 e. The Morgan fingerprint density at radius 2 is 1.63 bits per heavy atom. The van der Waals surface area contributed by atoms with Crippen LogP contribution in [0.15, 0.2) is 0 Å². The first-order valence-corrected chi connectivity index (χ1v) is 9.25. The van der Waals surface area contributed by atoms with Gasteiger partial charge in [0, 0.05) is 17.4 Å². The van der Waals surface area contributed by atoms with Crippen molar-refractivity contribution in [2.45, 2.75) is 43.0 Å². The Morgan fingerprint density at radius 1 is 1.00 bits per heavy atom. The highest BCUT2D eigenvalue weighted by Gasteiger charge is 2.42. The first-order valence-electron chi connectivity index (χ1n) is 8.20. The summed E-state index contributed by atoms with van der Waals surface area (Å²) in [5, 5.41) is 5.81. The Labute approximate surface area is 155 Å². The van der Waals surface area contributed by atoms with Crippen LogP contribution in [0, 0.1) is 29.1 Å². The second-order valence-electron chi connectivity index (χ2n) is 6.24. The zero-order valence-corrected chi connectivity index (χ0v) is 14.6. The van der Waals surface area contributed by atoms with E-state index in [2.05, 4.69) is 15.4 Å². The van der Waals surface area contributed by atoms with Crippen LogP contribution in [0.1, 0.15) is 25.7 Å². The number of rotatable bonds is 6. The largest absolute Gasteiger partial charge is 0.420 e. The lowest BCUT2D eigenvalue weighted by atomic mass is 10.0. The second-order valence-corrected chi connectivity index (χ2v) is 7.51. The van der Waals surface area contributed by atoms with Crippen molar-refractivity contribution in [1.29, 1.82) is 0 Å². The molecule has 1 aromatic rings. The Bertz CT molecular complexity index is 750. The number of fused-ring (bicyclic) bond motifs is 1. The molecule has 148 valence electrons. The fourth-order valence-electron chi connectivity index (χ4n) is 3.10. The van der Waals surface area contributed by atoms with Crippen molar-refractivity contribution < 1.29 is 36.3 Å². The lowest BCUT2D eigenvalue weighted by molar-refractivity contribution is -0.135. The summed E-state index contributed by atoms with van der Waals surface area (Å²) in [5.41, 5.74) is 0. The lowest BCUT2D eigenvalue weighted by Crippen LogP contribution is -2.36. The van der Waals surface area contributed by atoms with Crippen LogP contribution in [0.25, 0.3) is 0 Å². The van der Waals surface area contributed by atoms with Crippen LogP contribution in [0.3, 0.4) is 0 Å². The van der Waals surface area contributed by atoms with Crippen molar-refractivity contribution in [3.8, 4) is 5.75 Å². The Kier molecular flexibility index (Phi) is 5.78. The highest BCUT2D eigenvalue weighted by atomic mass is 32.2. The molecule has 2 aliphatic heterocycles. The minimum Gasteiger partial charge on any atom is -0.420 e. The van der Waals surface area contributed by atoms with E-state index < -0.39 is 40.8 Å². The Morgan fingerprint density at radius 3 is 2.30 bits per heavy atom. The number of ether oxygens (including phenoxy) is 1. The van der Waals surface area contributed by atoms with Crippen molar-refractivity contribution >= 4 is 23.8 Å². The first-order chi connectivity index (χ1) is 12.8. The van der Waals surface area contributed by atoms with Gasteiger partial charge >= 0.3 is 12.0 Å². The molecule has 0 bridgehead atoms. The van der Waals surface area contributed by atoms with Gasteiger partial charge in [-0.2, -0.15) is 20.5 Å². The summed E-state index contributed by atoms with van der Waals surface area (Å²) in [6, 6.07) is -0.115. The molecular formula is C16H15F5N2O3S. The normalized spacial score (nSPS) is 23.7. The van der Waals surface area contributed by atoms with Gasteiger partial charge < -0.3 is 15.4 Å². The summed E-state index contributed by atoms with van der Waals surface area (Å²) in [7, 11) is 0. The Hall–Kier alpha value is -2.04. The van der Waals surface area contributed by atoms with Crippen LogP contribution in [0.4, 0.5) is 26.7 Å². The first kappa shape index (κ1) is 19.7. The fraction of sp³-hybridized carbons (Fsp3) is 0.500. The van der Waals surface area contributed by atoms with Gasteiger partial charge in [-0.1, -0.05) is 6.42 Å². The molecule has 27 heavy (non-hydrogen) atoms.